The molecule has 1 unspecified atom stereocenters. The highest BCUT2D eigenvalue weighted by atomic mass is 16.2. The van der Waals surface area contributed by atoms with Crippen LogP contribution in [0.15, 0.2) is 30.3 Å². The zero-order valence-corrected chi connectivity index (χ0v) is 13.9. The first-order valence-corrected chi connectivity index (χ1v) is 8.42. The van der Waals surface area contributed by atoms with Crippen LogP contribution >= 0.6 is 0 Å². The fourth-order valence-electron chi connectivity index (χ4n) is 3.60. The Labute approximate surface area is 137 Å². The number of imide groups is 1. The summed E-state index contributed by atoms with van der Waals surface area (Å²) in [6.45, 7) is 5.99. The van der Waals surface area contributed by atoms with Gasteiger partial charge in [-0.05, 0) is 45.2 Å². The van der Waals surface area contributed by atoms with Crippen molar-refractivity contribution in [2.75, 3.05) is 19.6 Å². The normalized spacial score (nSPS) is 24.3. The molecule has 3 rings (SSSR count). The summed E-state index contributed by atoms with van der Waals surface area (Å²) in [5, 5.41) is 2.73. The summed E-state index contributed by atoms with van der Waals surface area (Å²) in [6.07, 6.45) is 3.20. The number of carbonyl (C=O) groups is 2. The Morgan fingerprint density at radius 2 is 1.91 bits per heavy atom. The number of urea groups is 1. The van der Waals surface area contributed by atoms with E-state index >= 15 is 0 Å². The lowest BCUT2D eigenvalue weighted by molar-refractivity contribution is -0.130. The average Bonchev–Trinajstić information content (AvgIpc) is 3.06. The lowest BCUT2D eigenvalue weighted by Crippen LogP contribution is -2.40. The molecule has 1 aromatic rings. The second kappa shape index (κ2) is 6.32. The molecule has 0 spiro atoms. The van der Waals surface area contributed by atoms with Crippen molar-refractivity contribution in [1.29, 1.82) is 0 Å². The van der Waals surface area contributed by atoms with Crippen LogP contribution in [-0.2, 0) is 4.79 Å². The minimum Gasteiger partial charge on any atom is -0.324 e. The summed E-state index contributed by atoms with van der Waals surface area (Å²) in [6, 6.07) is 10.8. The lowest BCUT2D eigenvalue weighted by Gasteiger charge is -2.25. The Bertz CT molecular complexity index is 585. The molecule has 2 aliphatic rings. The van der Waals surface area contributed by atoms with Crippen LogP contribution in [0.5, 0.6) is 0 Å². The molecule has 0 bridgehead atoms. The molecule has 3 amide bonds. The van der Waals surface area contributed by atoms with Gasteiger partial charge in [-0.3, -0.25) is 14.6 Å². The molecule has 0 aromatic heterocycles. The molecule has 5 nitrogen and oxygen atoms in total. The molecule has 1 atom stereocenters. The third kappa shape index (κ3) is 3.24. The van der Waals surface area contributed by atoms with E-state index in [1.165, 1.54) is 23.3 Å². The molecule has 2 saturated heterocycles. The molecule has 1 N–H and O–H groups in total. The van der Waals surface area contributed by atoms with Crippen LogP contribution < -0.4 is 5.32 Å². The van der Waals surface area contributed by atoms with Gasteiger partial charge in [0.25, 0.3) is 5.91 Å². The van der Waals surface area contributed by atoms with Gasteiger partial charge in [0, 0.05) is 19.1 Å². The zero-order chi connectivity index (χ0) is 16.4. The van der Waals surface area contributed by atoms with Crippen LogP contribution in [0, 0.1) is 0 Å². The van der Waals surface area contributed by atoms with E-state index in [0.29, 0.717) is 12.6 Å². The van der Waals surface area contributed by atoms with Crippen molar-refractivity contribution in [3.63, 3.8) is 0 Å². The molecule has 1 aromatic carbocycles. The second-order valence-electron chi connectivity index (χ2n) is 6.97. The van der Waals surface area contributed by atoms with Crippen molar-refractivity contribution in [2.45, 2.75) is 44.7 Å². The summed E-state index contributed by atoms with van der Waals surface area (Å²) in [5.41, 5.74) is 0.596. The van der Waals surface area contributed by atoms with Crippen molar-refractivity contribution < 1.29 is 9.59 Å². The Balaban J connectivity index is 1.55. The number of hydrogen-bond acceptors (Lipinski definition) is 3. The number of nitrogens with zero attached hydrogens (tertiary/aromatic N) is 2. The lowest BCUT2D eigenvalue weighted by atomic mass is 10.0. The van der Waals surface area contributed by atoms with Gasteiger partial charge in [0.05, 0.1) is 0 Å². The maximum Gasteiger partial charge on any atom is 0.325 e. The minimum absolute atomic E-state index is 0.122. The average molecular weight is 315 g/mol. The summed E-state index contributed by atoms with van der Waals surface area (Å²) >= 11 is 0. The number of carbonyl (C=O) groups excluding carboxylic acids is 2. The molecule has 2 fully saturated rings. The van der Waals surface area contributed by atoms with Crippen LogP contribution in [0.4, 0.5) is 4.79 Å². The SMILES string of the molecule is CC1(C)NC(=O)N(CCCN2CCCC2c2ccccc2)C1=O. The fourth-order valence-corrected chi connectivity index (χ4v) is 3.60. The third-order valence-corrected chi connectivity index (χ3v) is 4.82. The van der Waals surface area contributed by atoms with E-state index in [4.69, 9.17) is 0 Å². The number of rotatable bonds is 5. The number of benzene rings is 1. The van der Waals surface area contributed by atoms with Crippen LogP contribution in [-0.4, -0.2) is 46.9 Å². The molecule has 0 radical (unpaired) electrons. The van der Waals surface area contributed by atoms with E-state index in [-0.39, 0.29) is 11.9 Å². The van der Waals surface area contributed by atoms with Gasteiger partial charge in [0.15, 0.2) is 0 Å². The highest BCUT2D eigenvalue weighted by molar-refractivity contribution is 6.06. The quantitative estimate of drug-likeness (QED) is 0.850. The Hall–Kier alpha value is -1.88. The molecule has 23 heavy (non-hydrogen) atoms. The van der Waals surface area contributed by atoms with Gasteiger partial charge in [0.1, 0.15) is 5.54 Å². The molecule has 0 saturated carbocycles. The van der Waals surface area contributed by atoms with Crippen molar-refractivity contribution >= 4 is 11.9 Å². The van der Waals surface area contributed by atoms with E-state index in [9.17, 15) is 9.59 Å². The number of amides is 3. The van der Waals surface area contributed by atoms with Crippen LogP contribution in [0.1, 0.15) is 44.7 Å². The van der Waals surface area contributed by atoms with Gasteiger partial charge in [-0.25, -0.2) is 4.79 Å². The smallest absolute Gasteiger partial charge is 0.324 e. The first-order chi connectivity index (χ1) is 11.0. The minimum atomic E-state index is -0.767. The van der Waals surface area contributed by atoms with Gasteiger partial charge in [-0.2, -0.15) is 0 Å². The Morgan fingerprint density at radius 1 is 1.17 bits per heavy atom. The van der Waals surface area contributed by atoms with Gasteiger partial charge in [-0.1, -0.05) is 30.3 Å². The Morgan fingerprint density at radius 3 is 2.57 bits per heavy atom. The first-order valence-electron chi connectivity index (χ1n) is 8.42. The van der Waals surface area contributed by atoms with Gasteiger partial charge >= 0.3 is 6.03 Å². The molecule has 2 heterocycles. The molecular formula is C18H25N3O2. The van der Waals surface area contributed by atoms with Crippen LogP contribution in [0.2, 0.25) is 0 Å². The largest absolute Gasteiger partial charge is 0.325 e. The topological polar surface area (TPSA) is 52.7 Å². The van der Waals surface area contributed by atoms with Gasteiger partial charge in [-0.15, -0.1) is 0 Å². The summed E-state index contributed by atoms with van der Waals surface area (Å²) in [4.78, 5) is 27.9. The van der Waals surface area contributed by atoms with E-state index in [1.807, 2.05) is 6.07 Å². The standard InChI is InChI=1S/C18H25N3O2/c1-18(2)16(22)21(17(23)19-18)13-7-12-20-11-6-10-15(20)14-8-4-3-5-9-14/h3-5,8-9,15H,6-7,10-13H2,1-2H3,(H,19,23). The summed E-state index contributed by atoms with van der Waals surface area (Å²) in [7, 11) is 0. The summed E-state index contributed by atoms with van der Waals surface area (Å²) < 4.78 is 0. The van der Waals surface area contributed by atoms with E-state index in [2.05, 4.69) is 34.5 Å². The highest BCUT2D eigenvalue weighted by Gasteiger charge is 2.43. The van der Waals surface area contributed by atoms with Crippen molar-refractivity contribution in [2.24, 2.45) is 0 Å². The molecule has 124 valence electrons. The van der Waals surface area contributed by atoms with Crippen LogP contribution in [0.3, 0.4) is 0 Å². The molecule has 2 aliphatic heterocycles. The van der Waals surface area contributed by atoms with Crippen LogP contribution in [0.25, 0.3) is 0 Å². The number of likely N-dealkylation sites (tertiary alicyclic amines) is 1. The van der Waals surface area contributed by atoms with E-state index in [0.717, 1.165) is 19.5 Å². The van der Waals surface area contributed by atoms with Crippen molar-refractivity contribution in [1.82, 2.24) is 15.1 Å². The number of hydrogen-bond donors (Lipinski definition) is 1. The zero-order valence-electron chi connectivity index (χ0n) is 13.9. The number of nitrogens with one attached hydrogen (secondary N) is 1. The maximum atomic E-state index is 12.2. The van der Waals surface area contributed by atoms with E-state index < -0.39 is 5.54 Å². The third-order valence-electron chi connectivity index (χ3n) is 4.82. The predicted octanol–water partition coefficient (Wildman–Crippen LogP) is 2.54. The summed E-state index contributed by atoms with van der Waals surface area (Å²) in [5.74, 6) is -0.122. The first kappa shape index (κ1) is 16.0. The van der Waals surface area contributed by atoms with E-state index in [1.54, 1.807) is 13.8 Å². The van der Waals surface area contributed by atoms with Crippen molar-refractivity contribution in [3.8, 4) is 0 Å². The Kier molecular flexibility index (Phi) is 4.39. The highest BCUT2D eigenvalue weighted by Crippen LogP contribution is 2.31. The molecule has 5 heteroatoms. The molecule has 0 aliphatic carbocycles. The van der Waals surface area contributed by atoms with Gasteiger partial charge in [0.2, 0.25) is 0 Å². The van der Waals surface area contributed by atoms with Gasteiger partial charge < -0.3 is 5.32 Å². The maximum absolute atomic E-state index is 12.2. The predicted molar refractivity (Wildman–Crippen MR) is 88.9 cm³/mol. The second-order valence-corrected chi connectivity index (χ2v) is 6.97. The fraction of sp³-hybridized carbons (Fsp3) is 0.556. The molecular weight excluding hydrogens is 290 g/mol. The monoisotopic (exact) mass is 315 g/mol. The van der Waals surface area contributed by atoms with Crippen molar-refractivity contribution in [3.05, 3.63) is 35.9 Å².